The van der Waals surface area contributed by atoms with Crippen LogP contribution in [-0.2, 0) is 16.4 Å². The molecule has 2 N–H and O–H groups in total. The van der Waals surface area contributed by atoms with Crippen LogP contribution in [0.3, 0.4) is 0 Å². The van der Waals surface area contributed by atoms with Gasteiger partial charge in [0.25, 0.3) is 10.0 Å². The second kappa shape index (κ2) is 5.05. The number of nitrogen functional groups attached to an aromatic ring is 1. The second-order valence-electron chi connectivity index (χ2n) is 4.58. The van der Waals surface area contributed by atoms with Gasteiger partial charge in [-0.25, -0.2) is 8.42 Å². The highest BCUT2D eigenvalue weighted by atomic mass is 79.9. The third kappa shape index (κ3) is 2.23. The lowest BCUT2D eigenvalue weighted by molar-refractivity contribution is 0.588. The van der Waals surface area contributed by atoms with Crippen molar-refractivity contribution in [3.05, 3.63) is 39.7 Å². The summed E-state index contributed by atoms with van der Waals surface area (Å²) in [5.41, 5.74) is 8.26. The Morgan fingerprint density at radius 2 is 2.05 bits per heavy atom. The van der Waals surface area contributed by atoms with Crippen LogP contribution >= 0.6 is 27.3 Å². The molecule has 2 heterocycles. The fraction of sp³-hybridized carbons (Fsp3) is 0.231. The summed E-state index contributed by atoms with van der Waals surface area (Å²) in [4.78, 5) is 0. The molecule has 0 aliphatic carbocycles. The van der Waals surface area contributed by atoms with Gasteiger partial charge in [0.15, 0.2) is 0 Å². The van der Waals surface area contributed by atoms with Crippen molar-refractivity contribution < 1.29 is 8.42 Å². The summed E-state index contributed by atoms with van der Waals surface area (Å²) in [6, 6.07) is 8.82. The molecule has 1 aromatic carbocycles. The monoisotopic (exact) mass is 372 g/mol. The standard InChI is InChI=1S/C13H13BrN2O2S2/c14-12-6-7-13(19-12)20(17,18)16-8-2-3-9-10(15)4-1-5-11(9)16/h1,4-7H,2-3,8,15H2. The van der Waals surface area contributed by atoms with Crippen LogP contribution in [0.1, 0.15) is 12.0 Å². The van der Waals surface area contributed by atoms with Crippen LogP contribution in [0.5, 0.6) is 0 Å². The summed E-state index contributed by atoms with van der Waals surface area (Å²) < 4.78 is 28.1. The third-order valence-corrected chi connectivity index (χ3v) is 7.24. The summed E-state index contributed by atoms with van der Waals surface area (Å²) in [7, 11) is -3.51. The summed E-state index contributed by atoms with van der Waals surface area (Å²) in [6.45, 7) is 0.494. The molecule has 0 spiro atoms. The Morgan fingerprint density at radius 1 is 1.25 bits per heavy atom. The SMILES string of the molecule is Nc1cccc2c1CCCN2S(=O)(=O)c1ccc(Br)s1. The molecule has 0 bridgehead atoms. The van der Waals surface area contributed by atoms with Crippen molar-refractivity contribution in [3.8, 4) is 0 Å². The first kappa shape index (κ1) is 13.9. The molecule has 106 valence electrons. The van der Waals surface area contributed by atoms with Crippen LogP contribution in [-0.4, -0.2) is 15.0 Å². The molecule has 0 amide bonds. The molecule has 0 saturated heterocycles. The van der Waals surface area contributed by atoms with E-state index in [1.54, 1.807) is 18.2 Å². The number of hydrogen-bond acceptors (Lipinski definition) is 4. The first-order valence-corrected chi connectivity index (χ1v) is 9.20. The number of halogens is 1. The number of hydrogen-bond donors (Lipinski definition) is 1. The van der Waals surface area contributed by atoms with Gasteiger partial charge in [-0.05, 0) is 58.6 Å². The van der Waals surface area contributed by atoms with E-state index in [4.69, 9.17) is 5.73 Å². The second-order valence-corrected chi connectivity index (χ2v) is 9.14. The van der Waals surface area contributed by atoms with Gasteiger partial charge < -0.3 is 5.73 Å². The Balaban J connectivity index is 2.11. The smallest absolute Gasteiger partial charge is 0.273 e. The number of benzene rings is 1. The normalized spacial score (nSPS) is 15.2. The van der Waals surface area contributed by atoms with Crippen molar-refractivity contribution in [1.82, 2.24) is 0 Å². The predicted octanol–water partition coefficient (Wildman–Crippen LogP) is 3.23. The lowest BCUT2D eigenvalue weighted by atomic mass is 10.0. The van der Waals surface area contributed by atoms with Gasteiger partial charge in [0, 0.05) is 12.2 Å². The summed E-state index contributed by atoms with van der Waals surface area (Å²) in [5, 5.41) is 0. The van der Waals surface area contributed by atoms with E-state index >= 15 is 0 Å². The minimum Gasteiger partial charge on any atom is -0.398 e. The maximum Gasteiger partial charge on any atom is 0.273 e. The average Bonchev–Trinajstić information content (AvgIpc) is 2.86. The number of nitrogens with two attached hydrogens (primary N) is 1. The van der Waals surface area contributed by atoms with Crippen LogP contribution in [0.15, 0.2) is 38.3 Å². The van der Waals surface area contributed by atoms with Gasteiger partial charge in [-0.3, -0.25) is 4.31 Å². The zero-order valence-corrected chi connectivity index (χ0v) is 13.8. The molecule has 2 aromatic rings. The number of anilines is 2. The van der Waals surface area contributed by atoms with E-state index in [9.17, 15) is 8.42 Å². The Kier molecular flexibility index (Phi) is 3.51. The van der Waals surface area contributed by atoms with Gasteiger partial charge in [-0.15, -0.1) is 11.3 Å². The Hall–Kier alpha value is -1.05. The van der Waals surface area contributed by atoms with Gasteiger partial charge in [0.2, 0.25) is 0 Å². The van der Waals surface area contributed by atoms with E-state index in [0.717, 1.165) is 22.2 Å². The molecule has 0 unspecified atom stereocenters. The molecular weight excluding hydrogens is 360 g/mol. The van der Waals surface area contributed by atoms with E-state index in [2.05, 4.69) is 15.9 Å². The lowest BCUT2D eigenvalue weighted by Gasteiger charge is -2.30. The van der Waals surface area contributed by atoms with Crippen molar-refractivity contribution in [2.75, 3.05) is 16.6 Å². The van der Waals surface area contributed by atoms with Gasteiger partial charge in [0.05, 0.1) is 9.47 Å². The van der Waals surface area contributed by atoms with Crippen molar-refractivity contribution >= 4 is 48.7 Å². The maximum atomic E-state index is 12.7. The van der Waals surface area contributed by atoms with E-state index in [1.165, 1.54) is 15.6 Å². The van der Waals surface area contributed by atoms with Crippen molar-refractivity contribution in [2.24, 2.45) is 0 Å². The average molecular weight is 373 g/mol. The summed E-state index contributed by atoms with van der Waals surface area (Å²) >= 11 is 4.53. The topological polar surface area (TPSA) is 63.4 Å². The van der Waals surface area contributed by atoms with Gasteiger partial charge >= 0.3 is 0 Å². The highest BCUT2D eigenvalue weighted by Crippen LogP contribution is 2.37. The fourth-order valence-corrected chi connectivity index (χ4v) is 6.07. The van der Waals surface area contributed by atoms with E-state index < -0.39 is 10.0 Å². The third-order valence-electron chi connectivity index (χ3n) is 3.34. The molecule has 0 atom stereocenters. The summed E-state index contributed by atoms with van der Waals surface area (Å²) in [5.74, 6) is 0. The molecule has 1 aromatic heterocycles. The fourth-order valence-electron chi connectivity index (χ4n) is 2.41. The van der Waals surface area contributed by atoms with E-state index in [1.807, 2.05) is 12.1 Å². The van der Waals surface area contributed by atoms with Crippen molar-refractivity contribution in [1.29, 1.82) is 0 Å². The number of rotatable bonds is 2. The molecule has 0 saturated carbocycles. The van der Waals surface area contributed by atoms with E-state index in [0.29, 0.717) is 22.1 Å². The Morgan fingerprint density at radius 3 is 2.75 bits per heavy atom. The van der Waals surface area contributed by atoms with Crippen LogP contribution in [0.25, 0.3) is 0 Å². The van der Waals surface area contributed by atoms with Crippen molar-refractivity contribution in [2.45, 2.75) is 17.1 Å². The lowest BCUT2D eigenvalue weighted by Crippen LogP contribution is -2.35. The van der Waals surface area contributed by atoms with Gasteiger partial charge in [-0.1, -0.05) is 6.07 Å². The minimum atomic E-state index is -3.51. The number of nitrogens with zero attached hydrogens (tertiary/aromatic N) is 1. The Bertz CT molecular complexity index is 755. The van der Waals surface area contributed by atoms with Crippen LogP contribution in [0, 0.1) is 0 Å². The van der Waals surface area contributed by atoms with Crippen LogP contribution in [0.2, 0.25) is 0 Å². The largest absolute Gasteiger partial charge is 0.398 e. The van der Waals surface area contributed by atoms with Crippen LogP contribution < -0.4 is 10.0 Å². The maximum absolute atomic E-state index is 12.7. The molecule has 1 aliphatic rings. The minimum absolute atomic E-state index is 0.347. The first-order chi connectivity index (χ1) is 9.50. The van der Waals surface area contributed by atoms with Gasteiger partial charge in [0.1, 0.15) is 4.21 Å². The highest BCUT2D eigenvalue weighted by molar-refractivity contribution is 9.11. The number of sulfonamides is 1. The molecular formula is C13H13BrN2O2S2. The van der Waals surface area contributed by atoms with Crippen LogP contribution in [0.4, 0.5) is 11.4 Å². The molecule has 1 aliphatic heterocycles. The molecule has 0 fully saturated rings. The van der Waals surface area contributed by atoms with Gasteiger partial charge in [-0.2, -0.15) is 0 Å². The highest BCUT2D eigenvalue weighted by Gasteiger charge is 2.30. The zero-order valence-electron chi connectivity index (χ0n) is 10.5. The summed E-state index contributed by atoms with van der Waals surface area (Å²) in [6.07, 6.45) is 1.61. The predicted molar refractivity (Wildman–Crippen MR) is 85.7 cm³/mol. The number of thiophene rings is 1. The molecule has 0 radical (unpaired) electrons. The van der Waals surface area contributed by atoms with E-state index in [-0.39, 0.29) is 0 Å². The first-order valence-electron chi connectivity index (χ1n) is 6.15. The molecule has 7 heteroatoms. The quantitative estimate of drug-likeness (QED) is 0.822. The zero-order chi connectivity index (χ0) is 14.3. The van der Waals surface area contributed by atoms with Crippen molar-refractivity contribution in [3.63, 3.8) is 0 Å². The molecule has 3 rings (SSSR count). The molecule has 4 nitrogen and oxygen atoms in total. The Labute approximate surface area is 130 Å². The number of fused-ring (bicyclic) bond motifs is 1. The molecule has 20 heavy (non-hydrogen) atoms.